The number of carbonyl (C=O) groups excluding carboxylic acids is 2. The topological polar surface area (TPSA) is 139 Å². The van der Waals surface area contributed by atoms with Gasteiger partial charge in [-0.25, -0.2) is 37.6 Å². The molecule has 1 aromatic carbocycles. The van der Waals surface area contributed by atoms with E-state index in [-0.39, 0.29) is 23.9 Å². The molecule has 2 N–H and O–H groups in total. The summed E-state index contributed by atoms with van der Waals surface area (Å²) in [4.78, 5) is 36.2. The van der Waals surface area contributed by atoms with Crippen molar-refractivity contribution in [2.45, 2.75) is 25.9 Å². The Morgan fingerprint density at radius 3 is 2.45 bits per heavy atom. The quantitative estimate of drug-likeness (QED) is 0.531. The van der Waals surface area contributed by atoms with Crippen LogP contribution in [0.3, 0.4) is 0 Å². The second kappa shape index (κ2) is 10.1. The number of aromatic nitrogens is 5. The van der Waals surface area contributed by atoms with Crippen molar-refractivity contribution in [1.82, 2.24) is 34.9 Å². The fourth-order valence-electron chi connectivity index (χ4n) is 4.44. The van der Waals surface area contributed by atoms with E-state index >= 15 is 0 Å². The molecule has 0 saturated carbocycles. The number of hydrogen-bond donors (Lipinski definition) is 1. The van der Waals surface area contributed by atoms with Crippen LogP contribution in [0.2, 0.25) is 0 Å². The van der Waals surface area contributed by atoms with Crippen molar-refractivity contribution in [2.75, 3.05) is 31.1 Å². The van der Waals surface area contributed by atoms with E-state index in [1.165, 1.54) is 28.0 Å². The summed E-state index contributed by atoms with van der Waals surface area (Å²) in [5.41, 5.74) is 6.04. The summed E-state index contributed by atoms with van der Waals surface area (Å²) in [5, 5.41) is 13.2. The maximum absolute atomic E-state index is 14.6. The van der Waals surface area contributed by atoms with Gasteiger partial charge in [0, 0.05) is 44.9 Å². The smallest absolute Gasteiger partial charge is 0.341 e. The monoisotopic (exact) mass is 528 g/mol. The minimum atomic E-state index is -0.725. The highest BCUT2D eigenvalue weighted by atomic mass is 19.1. The largest absolute Gasteiger partial charge is 0.368 e. The van der Waals surface area contributed by atoms with Crippen LogP contribution < -0.4 is 10.6 Å². The first kappa shape index (κ1) is 25.1. The number of halogens is 3. The van der Waals surface area contributed by atoms with Crippen LogP contribution in [-0.4, -0.2) is 79.2 Å². The Labute approximate surface area is 214 Å². The van der Waals surface area contributed by atoms with Crippen LogP contribution in [0.15, 0.2) is 29.5 Å². The SMILES string of the molecule is Cc1c(-c2nc(N3CCN(C(=O)N4N=CC[C@H]4c4cc(F)cc(F)c4)CC3)ncc2F)nnn1CC(N)=O. The van der Waals surface area contributed by atoms with Crippen molar-refractivity contribution in [3.05, 3.63) is 53.1 Å². The second-order valence-electron chi connectivity index (χ2n) is 8.87. The normalized spacial score (nSPS) is 17.4. The predicted octanol–water partition coefficient (Wildman–Crippen LogP) is 1.62. The zero-order chi connectivity index (χ0) is 27.0. The summed E-state index contributed by atoms with van der Waals surface area (Å²) >= 11 is 0. The van der Waals surface area contributed by atoms with Crippen LogP contribution in [0.4, 0.5) is 23.9 Å². The third kappa shape index (κ3) is 4.86. The summed E-state index contributed by atoms with van der Waals surface area (Å²) in [6, 6.07) is 2.16. The van der Waals surface area contributed by atoms with Gasteiger partial charge in [0.2, 0.25) is 11.9 Å². The molecule has 0 bridgehead atoms. The van der Waals surface area contributed by atoms with Crippen LogP contribution in [0.5, 0.6) is 0 Å². The van der Waals surface area contributed by atoms with Gasteiger partial charge in [-0.05, 0) is 24.6 Å². The number of primary amides is 1. The maximum atomic E-state index is 14.6. The first-order chi connectivity index (χ1) is 18.2. The number of amides is 3. The first-order valence-electron chi connectivity index (χ1n) is 11.7. The number of hydrogen-bond acceptors (Lipinski definition) is 8. The van der Waals surface area contributed by atoms with Gasteiger partial charge in [0.1, 0.15) is 29.6 Å². The fraction of sp³-hybridized carbons (Fsp3) is 0.348. The summed E-state index contributed by atoms with van der Waals surface area (Å²) in [7, 11) is 0. The molecule has 2 aliphatic rings. The van der Waals surface area contributed by atoms with Crippen molar-refractivity contribution < 1.29 is 22.8 Å². The fourth-order valence-corrected chi connectivity index (χ4v) is 4.44. The van der Waals surface area contributed by atoms with E-state index in [0.29, 0.717) is 43.9 Å². The number of carbonyl (C=O) groups is 2. The number of nitrogens with zero attached hydrogens (tertiary/aromatic N) is 9. The number of urea groups is 1. The lowest BCUT2D eigenvalue weighted by molar-refractivity contribution is -0.118. The number of piperazine rings is 1. The summed E-state index contributed by atoms with van der Waals surface area (Å²) in [6.07, 6.45) is 2.91. The summed E-state index contributed by atoms with van der Waals surface area (Å²) < 4.78 is 43.4. The van der Waals surface area contributed by atoms with Crippen LogP contribution in [0.1, 0.15) is 23.7 Å². The van der Waals surface area contributed by atoms with Gasteiger partial charge in [-0.3, -0.25) is 4.79 Å². The lowest BCUT2D eigenvalue weighted by Crippen LogP contribution is -2.52. The van der Waals surface area contributed by atoms with Crippen LogP contribution in [0.25, 0.3) is 11.4 Å². The highest BCUT2D eigenvalue weighted by Gasteiger charge is 2.34. The van der Waals surface area contributed by atoms with Gasteiger partial charge in [-0.15, -0.1) is 5.10 Å². The molecule has 12 nitrogen and oxygen atoms in total. The van der Waals surface area contributed by atoms with E-state index < -0.39 is 35.4 Å². The Balaban J connectivity index is 1.28. The molecule has 0 unspecified atom stereocenters. The zero-order valence-electron chi connectivity index (χ0n) is 20.3. The Bertz CT molecular complexity index is 1400. The van der Waals surface area contributed by atoms with E-state index in [9.17, 15) is 22.8 Å². The second-order valence-corrected chi connectivity index (χ2v) is 8.87. The van der Waals surface area contributed by atoms with Gasteiger partial charge in [0.15, 0.2) is 5.82 Å². The minimum absolute atomic E-state index is 0.0710. The molecule has 4 heterocycles. The Morgan fingerprint density at radius 2 is 1.76 bits per heavy atom. The van der Waals surface area contributed by atoms with E-state index in [0.717, 1.165) is 12.3 Å². The third-order valence-corrected chi connectivity index (χ3v) is 6.37. The van der Waals surface area contributed by atoms with Crippen LogP contribution in [0, 0.1) is 24.4 Å². The molecule has 1 atom stereocenters. The molecule has 2 aliphatic heterocycles. The standard InChI is InChI=1S/C23H23F3N10O2/c1-13-20(31-32-35(13)12-19(27)37)21-17(26)11-28-22(30-21)33-4-6-34(7-5-33)23(38)36-18(2-3-29-36)14-8-15(24)10-16(25)9-14/h3,8-11,18H,2,4-7,12H2,1H3,(H2,27,37)/t18-/m0/s1. The van der Waals surface area contributed by atoms with Crippen molar-refractivity contribution in [2.24, 2.45) is 10.8 Å². The van der Waals surface area contributed by atoms with Gasteiger partial charge in [-0.1, -0.05) is 5.21 Å². The molecule has 3 amide bonds. The van der Waals surface area contributed by atoms with Gasteiger partial charge >= 0.3 is 6.03 Å². The molecule has 1 saturated heterocycles. The van der Waals surface area contributed by atoms with E-state index in [1.54, 1.807) is 16.7 Å². The van der Waals surface area contributed by atoms with Gasteiger partial charge in [0.25, 0.3) is 0 Å². The molecule has 5 rings (SSSR count). The number of hydrazone groups is 1. The van der Waals surface area contributed by atoms with Crippen molar-refractivity contribution in [1.29, 1.82) is 0 Å². The molecule has 3 aromatic rings. The van der Waals surface area contributed by atoms with E-state index in [2.05, 4.69) is 25.4 Å². The molecule has 0 radical (unpaired) electrons. The molecule has 198 valence electrons. The molecular weight excluding hydrogens is 505 g/mol. The zero-order valence-corrected chi connectivity index (χ0v) is 20.3. The third-order valence-electron chi connectivity index (χ3n) is 6.37. The maximum Gasteiger partial charge on any atom is 0.341 e. The van der Waals surface area contributed by atoms with Crippen LogP contribution >= 0.6 is 0 Å². The summed E-state index contributed by atoms with van der Waals surface area (Å²) in [6.45, 7) is 2.69. The number of rotatable bonds is 5. The minimum Gasteiger partial charge on any atom is -0.368 e. The highest BCUT2D eigenvalue weighted by Crippen LogP contribution is 2.31. The molecule has 2 aromatic heterocycles. The average molecular weight is 528 g/mol. The molecule has 0 aliphatic carbocycles. The van der Waals surface area contributed by atoms with E-state index in [1.807, 2.05) is 0 Å². The number of nitrogens with two attached hydrogens (primary N) is 1. The lowest BCUT2D eigenvalue weighted by atomic mass is 10.0. The number of anilines is 1. The van der Waals surface area contributed by atoms with Crippen molar-refractivity contribution >= 4 is 24.1 Å². The van der Waals surface area contributed by atoms with Gasteiger partial charge < -0.3 is 15.5 Å². The van der Waals surface area contributed by atoms with Crippen molar-refractivity contribution in [3.8, 4) is 11.4 Å². The molecule has 38 heavy (non-hydrogen) atoms. The molecule has 0 spiro atoms. The van der Waals surface area contributed by atoms with Crippen LogP contribution in [-0.2, 0) is 11.3 Å². The van der Waals surface area contributed by atoms with E-state index in [4.69, 9.17) is 5.73 Å². The number of benzene rings is 1. The Morgan fingerprint density at radius 1 is 1.05 bits per heavy atom. The predicted molar refractivity (Wildman–Crippen MR) is 128 cm³/mol. The summed E-state index contributed by atoms with van der Waals surface area (Å²) in [5.74, 6) is -2.53. The lowest BCUT2D eigenvalue weighted by Gasteiger charge is -2.37. The first-order valence-corrected chi connectivity index (χ1v) is 11.7. The van der Waals surface area contributed by atoms with Gasteiger partial charge in [0.05, 0.1) is 17.9 Å². The van der Waals surface area contributed by atoms with Crippen molar-refractivity contribution in [3.63, 3.8) is 0 Å². The molecular formula is C23H23F3N10O2. The molecule has 1 fully saturated rings. The molecule has 15 heteroatoms. The highest BCUT2D eigenvalue weighted by molar-refractivity contribution is 5.79. The average Bonchev–Trinajstić information content (AvgIpc) is 3.51. The Hall–Kier alpha value is -4.56. The van der Waals surface area contributed by atoms with Gasteiger partial charge in [-0.2, -0.15) is 5.10 Å². The Kier molecular flexibility index (Phi) is 6.65.